The number of nitrogens with one attached hydrogen (secondary N) is 1. The Balaban J connectivity index is 2.33. The van der Waals surface area contributed by atoms with E-state index in [0.29, 0.717) is 10.6 Å². The first-order valence-corrected chi connectivity index (χ1v) is 7.07. The monoisotopic (exact) mass is 358 g/mol. The van der Waals surface area contributed by atoms with Crippen LogP contribution < -0.4 is 5.32 Å². The summed E-state index contributed by atoms with van der Waals surface area (Å²) in [6, 6.07) is 6.66. The van der Waals surface area contributed by atoms with Crippen LogP contribution >= 0.6 is 27.5 Å². The lowest BCUT2D eigenvalue weighted by Gasteiger charge is -2.30. The van der Waals surface area contributed by atoms with Crippen LogP contribution in [-0.2, 0) is 5.54 Å². The van der Waals surface area contributed by atoms with Gasteiger partial charge in [-0.15, -0.1) is 0 Å². The molecule has 0 aliphatic rings. The quantitative estimate of drug-likeness (QED) is 0.868. The number of aromatic nitrogens is 1. The number of anilines is 1. The Morgan fingerprint density at radius 1 is 1.40 bits per heavy atom. The van der Waals surface area contributed by atoms with Crippen LogP contribution in [0, 0.1) is 5.82 Å². The molecule has 0 radical (unpaired) electrons. The Labute approximate surface area is 129 Å². The molecule has 2 N–H and O–H groups in total. The van der Waals surface area contributed by atoms with E-state index in [1.807, 2.05) is 0 Å². The van der Waals surface area contributed by atoms with Crippen LogP contribution in [0.5, 0.6) is 0 Å². The molecule has 20 heavy (non-hydrogen) atoms. The fourth-order valence-electron chi connectivity index (χ4n) is 1.81. The van der Waals surface area contributed by atoms with Gasteiger partial charge in [0.25, 0.3) is 0 Å². The van der Waals surface area contributed by atoms with Gasteiger partial charge >= 0.3 is 0 Å². The molecule has 0 amide bonds. The number of pyridine rings is 1. The van der Waals surface area contributed by atoms with Crippen molar-refractivity contribution in [1.82, 2.24) is 4.98 Å². The second-order valence-corrected chi connectivity index (χ2v) is 5.90. The largest absolute Gasteiger partial charge is 0.394 e. The fourth-order valence-corrected chi connectivity index (χ4v) is 2.31. The van der Waals surface area contributed by atoms with E-state index in [0.717, 1.165) is 16.4 Å². The normalized spacial score (nSPS) is 13.8. The Kier molecular flexibility index (Phi) is 4.62. The first-order chi connectivity index (χ1) is 9.44. The van der Waals surface area contributed by atoms with Crippen molar-refractivity contribution < 1.29 is 9.50 Å². The van der Waals surface area contributed by atoms with Crippen LogP contribution in [0.2, 0.25) is 5.02 Å². The summed E-state index contributed by atoms with van der Waals surface area (Å²) in [5, 5.41) is 13.4. The molecule has 0 saturated carbocycles. The van der Waals surface area contributed by atoms with E-state index in [9.17, 15) is 9.50 Å². The molecule has 1 aromatic carbocycles. The van der Waals surface area contributed by atoms with Crippen LogP contribution in [0.15, 0.2) is 41.1 Å². The van der Waals surface area contributed by atoms with Crippen molar-refractivity contribution in [1.29, 1.82) is 0 Å². The highest BCUT2D eigenvalue weighted by atomic mass is 79.9. The van der Waals surface area contributed by atoms with E-state index in [-0.39, 0.29) is 6.61 Å². The molecule has 106 valence electrons. The zero-order valence-corrected chi connectivity index (χ0v) is 13.0. The summed E-state index contributed by atoms with van der Waals surface area (Å²) in [4.78, 5) is 3.82. The van der Waals surface area contributed by atoms with Gasteiger partial charge in [-0.3, -0.25) is 4.98 Å². The van der Waals surface area contributed by atoms with E-state index in [1.165, 1.54) is 12.3 Å². The van der Waals surface area contributed by atoms with Crippen molar-refractivity contribution in [3.8, 4) is 0 Å². The molecule has 0 spiro atoms. The molecular weight excluding hydrogens is 347 g/mol. The molecule has 1 aromatic heterocycles. The van der Waals surface area contributed by atoms with Gasteiger partial charge in [0.05, 0.1) is 23.4 Å². The summed E-state index contributed by atoms with van der Waals surface area (Å²) >= 11 is 9.28. The Morgan fingerprint density at radius 3 is 2.75 bits per heavy atom. The van der Waals surface area contributed by atoms with Crippen molar-refractivity contribution in [2.24, 2.45) is 0 Å². The Bertz CT molecular complexity index is 626. The number of nitrogens with zero attached hydrogens (tertiary/aromatic N) is 1. The highest BCUT2D eigenvalue weighted by Gasteiger charge is 2.26. The highest BCUT2D eigenvalue weighted by molar-refractivity contribution is 9.10. The molecule has 1 heterocycles. The van der Waals surface area contributed by atoms with Crippen molar-refractivity contribution in [3.05, 3.63) is 57.5 Å². The van der Waals surface area contributed by atoms with Crippen LogP contribution in [-0.4, -0.2) is 16.7 Å². The second kappa shape index (κ2) is 6.08. The first-order valence-electron chi connectivity index (χ1n) is 5.90. The lowest BCUT2D eigenvalue weighted by molar-refractivity contribution is 0.223. The summed E-state index contributed by atoms with van der Waals surface area (Å²) in [5.74, 6) is -0.443. The van der Waals surface area contributed by atoms with Gasteiger partial charge < -0.3 is 10.4 Å². The standard InChI is InChI=1S/C14H13BrClFN2O/c1-14(8-20,9-4-10(17)7-18-6-9)19-11-2-3-13(16)12(15)5-11/h2-7,19-20H,8H2,1H3. The van der Waals surface area contributed by atoms with Gasteiger partial charge in [-0.25, -0.2) is 4.39 Å². The molecule has 6 heteroatoms. The van der Waals surface area contributed by atoms with Gasteiger partial charge in [0.2, 0.25) is 0 Å². The van der Waals surface area contributed by atoms with Crippen molar-refractivity contribution in [3.63, 3.8) is 0 Å². The Morgan fingerprint density at radius 2 is 2.15 bits per heavy atom. The van der Waals surface area contributed by atoms with Crippen LogP contribution in [0.25, 0.3) is 0 Å². The van der Waals surface area contributed by atoms with Gasteiger partial charge in [0.1, 0.15) is 5.82 Å². The van der Waals surface area contributed by atoms with Gasteiger partial charge in [-0.05, 0) is 47.1 Å². The Hall–Kier alpha value is -1.17. The van der Waals surface area contributed by atoms with Crippen molar-refractivity contribution >= 4 is 33.2 Å². The fraction of sp³-hybridized carbons (Fsp3) is 0.214. The molecule has 2 rings (SSSR count). The summed E-state index contributed by atoms with van der Waals surface area (Å²) in [7, 11) is 0. The molecule has 1 atom stereocenters. The van der Waals surface area contributed by atoms with E-state index >= 15 is 0 Å². The second-order valence-electron chi connectivity index (χ2n) is 4.64. The van der Waals surface area contributed by atoms with Gasteiger partial charge in [-0.1, -0.05) is 11.6 Å². The molecule has 0 saturated heterocycles. The van der Waals surface area contributed by atoms with Crippen LogP contribution in [0.4, 0.5) is 10.1 Å². The lowest BCUT2D eigenvalue weighted by atomic mass is 9.94. The number of hydrogen-bond donors (Lipinski definition) is 2. The maximum Gasteiger partial charge on any atom is 0.141 e. The topological polar surface area (TPSA) is 45.1 Å². The third-order valence-electron chi connectivity index (χ3n) is 3.00. The molecular formula is C14H13BrClFN2O. The predicted octanol–water partition coefficient (Wildman–Crippen LogP) is 3.96. The van der Waals surface area contributed by atoms with Crippen LogP contribution in [0.1, 0.15) is 12.5 Å². The van der Waals surface area contributed by atoms with E-state index in [2.05, 4.69) is 26.2 Å². The van der Waals surface area contributed by atoms with Gasteiger partial charge in [0, 0.05) is 21.9 Å². The number of benzene rings is 1. The van der Waals surface area contributed by atoms with Crippen LogP contribution in [0.3, 0.4) is 0 Å². The molecule has 0 bridgehead atoms. The summed E-state index contributed by atoms with van der Waals surface area (Å²) in [5.41, 5.74) is 0.468. The number of aliphatic hydroxyl groups is 1. The number of halogens is 3. The minimum atomic E-state index is -0.845. The van der Waals surface area contributed by atoms with Crippen molar-refractivity contribution in [2.45, 2.75) is 12.5 Å². The lowest BCUT2D eigenvalue weighted by Crippen LogP contribution is -2.36. The summed E-state index contributed by atoms with van der Waals surface area (Å²) < 4.78 is 14.0. The SMILES string of the molecule is CC(CO)(Nc1ccc(Cl)c(Br)c1)c1cncc(F)c1. The van der Waals surface area contributed by atoms with Gasteiger partial charge in [0.15, 0.2) is 0 Å². The first kappa shape index (κ1) is 15.2. The third-order valence-corrected chi connectivity index (χ3v) is 4.21. The zero-order chi connectivity index (χ0) is 14.8. The minimum Gasteiger partial charge on any atom is -0.394 e. The molecule has 3 nitrogen and oxygen atoms in total. The van der Waals surface area contributed by atoms with Crippen molar-refractivity contribution in [2.75, 3.05) is 11.9 Å². The van der Waals surface area contributed by atoms with E-state index < -0.39 is 11.4 Å². The minimum absolute atomic E-state index is 0.210. The number of aliphatic hydroxyl groups excluding tert-OH is 1. The number of hydrogen-bond acceptors (Lipinski definition) is 3. The molecule has 0 aliphatic heterocycles. The molecule has 0 aliphatic carbocycles. The molecule has 2 aromatic rings. The zero-order valence-electron chi connectivity index (χ0n) is 10.7. The predicted molar refractivity (Wildman–Crippen MR) is 81.4 cm³/mol. The summed E-state index contributed by atoms with van der Waals surface area (Å²) in [6.07, 6.45) is 2.65. The molecule has 0 fully saturated rings. The third kappa shape index (κ3) is 3.29. The summed E-state index contributed by atoms with van der Waals surface area (Å²) in [6.45, 7) is 1.56. The maximum absolute atomic E-state index is 13.3. The highest BCUT2D eigenvalue weighted by Crippen LogP contribution is 2.30. The average Bonchev–Trinajstić information content (AvgIpc) is 2.43. The van der Waals surface area contributed by atoms with Gasteiger partial charge in [-0.2, -0.15) is 0 Å². The number of rotatable bonds is 4. The molecule has 1 unspecified atom stereocenters. The average molecular weight is 360 g/mol. The smallest absolute Gasteiger partial charge is 0.141 e. The maximum atomic E-state index is 13.3. The van der Waals surface area contributed by atoms with E-state index in [1.54, 1.807) is 25.1 Å². The van der Waals surface area contributed by atoms with E-state index in [4.69, 9.17) is 11.6 Å².